The quantitative estimate of drug-likeness (QED) is 0.552. The van der Waals surface area contributed by atoms with E-state index in [0.717, 1.165) is 43.4 Å². The van der Waals surface area contributed by atoms with Crippen molar-refractivity contribution in [3.63, 3.8) is 0 Å². The number of hydrogen-bond acceptors (Lipinski definition) is 7. The summed E-state index contributed by atoms with van der Waals surface area (Å²) >= 11 is 0. The summed E-state index contributed by atoms with van der Waals surface area (Å²) in [5.74, 6) is 0.609. The van der Waals surface area contributed by atoms with Gasteiger partial charge in [0, 0.05) is 36.2 Å². The maximum atomic E-state index is 13.9. The first-order chi connectivity index (χ1) is 15.3. The van der Waals surface area contributed by atoms with Crippen molar-refractivity contribution in [2.75, 3.05) is 35.1 Å². The number of hydrogen-bond donors (Lipinski definition) is 2. The van der Waals surface area contributed by atoms with Crippen LogP contribution >= 0.6 is 0 Å². The topological polar surface area (TPSA) is 96.5 Å². The number of anilines is 4. The standard InChI is InChI=1S/C22H24FN5O3S/c1-15-13-21(26-22(24-15)28-11-3-4-12-28)25-16-5-7-17(8-6-16)27-32(29,30)18-9-10-20(31-2)19(23)14-18/h5-10,13-14,27H,3-4,11-12H2,1-2H3,(H,24,25,26). The van der Waals surface area contributed by atoms with Crippen molar-refractivity contribution in [2.45, 2.75) is 24.7 Å². The highest BCUT2D eigenvalue weighted by Crippen LogP contribution is 2.25. The molecule has 32 heavy (non-hydrogen) atoms. The number of benzene rings is 2. The van der Waals surface area contributed by atoms with Crippen LogP contribution in [0.3, 0.4) is 0 Å². The minimum absolute atomic E-state index is 0.0211. The molecule has 1 fully saturated rings. The number of ether oxygens (including phenoxy) is 1. The molecule has 0 saturated carbocycles. The largest absolute Gasteiger partial charge is 0.494 e. The number of rotatable bonds is 7. The van der Waals surface area contributed by atoms with Crippen LogP contribution in [0.1, 0.15) is 18.5 Å². The highest BCUT2D eigenvalue weighted by Gasteiger charge is 2.18. The molecule has 2 aromatic carbocycles. The summed E-state index contributed by atoms with van der Waals surface area (Å²) in [6.45, 7) is 3.83. The lowest BCUT2D eigenvalue weighted by atomic mass is 10.3. The van der Waals surface area contributed by atoms with Crippen molar-refractivity contribution in [1.82, 2.24) is 9.97 Å². The lowest BCUT2D eigenvalue weighted by Gasteiger charge is -2.17. The molecule has 168 valence electrons. The van der Waals surface area contributed by atoms with Gasteiger partial charge in [0.1, 0.15) is 5.82 Å². The van der Waals surface area contributed by atoms with Gasteiger partial charge >= 0.3 is 0 Å². The van der Waals surface area contributed by atoms with Crippen molar-refractivity contribution in [2.24, 2.45) is 0 Å². The minimum atomic E-state index is -3.95. The van der Waals surface area contributed by atoms with Crippen LogP contribution in [0.25, 0.3) is 0 Å². The van der Waals surface area contributed by atoms with Gasteiger partial charge in [0.25, 0.3) is 10.0 Å². The summed E-state index contributed by atoms with van der Waals surface area (Å²) < 4.78 is 46.3. The number of aryl methyl sites for hydroxylation is 1. The van der Waals surface area contributed by atoms with Gasteiger partial charge in [-0.15, -0.1) is 0 Å². The second-order valence-corrected chi connectivity index (χ2v) is 9.18. The van der Waals surface area contributed by atoms with Gasteiger partial charge in [0.05, 0.1) is 12.0 Å². The highest BCUT2D eigenvalue weighted by molar-refractivity contribution is 7.92. The predicted octanol–water partition coefficient (Wildman–Crippen LogP) is 4.08. The molecule has 8 nitrogen and oxygen atoms in total. The Morgan fingerprint density at radius 2 is 1.69 bits per heavy atom. The molecule has 3 aromatic rings. The van der Waals surface area contributed by atoms with Crippen LogP contribution in [0.4, 0.5) is 27.5 Å². The van der Waals surface area contributed by atoms with Gasteiger partial charge in [0.2, 0.25) is 5.95 Å². The molecule has 0 atom stereocenters. The van der Waals surface area contributed by atoms with Gasteiger partial charge in [-0.1, -0.05) is 0 Å². The molecule has 1 saturated heterocycles. The number of methoxy groups -OCH3 is 1. The van der Waals surface area contributed by atoms with E-state index in [1.807, 2.05) is 13.0 Å². The number of aromatic nitrogens is 2. The van der Waals surface area contributed by atoms with E-state index in [1.54, 1.807) is 24.3 Å². The molecule has 0 bridgehead atoms. The molecular weight excluding hydrogens is 433 g/mol. The second kappa shape index (κ2) is 8.99. The van der Waals surface area contributed by atoms with Crippen molar-refractivity contribution < 1.29 is 17.5 Å². The summed E-state index contributed by atoms with van der Waals surface area (Å²) in [5, 5.41) is 3.23. The first kappa shape index (κ1) is 21.8. The minimum Gasteiger partial charge on any atom is -0.494 e. The molecule has 0 spiro atoms. The van der Waals surface area contributed by atoms with Gasteiger partial charge in [-0.05, 0) is 62.2 Å². The molecule has 4 rings (SSSR count). The SMILES string of the molecule is COc1ccc(S(=O)(=O)Nc2ccc(Nc3cc(C)nc(N4CCCC4)n3)cc2)cc1F. The zero-order chi connectivity index (χ0) is 22.7. The van der Waals surface area contributed by atoms with Crippen LogP contribution in [-0.4, -0.2) is 38.6 Å². The number of nitrogens with one attached hydrogen (secondary N) is 2. The molecule has 0 aliphatic carbocycles. The van der Waals surface area contributed by atoms with Crippen molar-refractivity contribution >= 4 is 33.2 Å². The summed E-state index contributed by atoms with van der Waals surface area (Å²) in [7, 11) is -2.63. The van der Waals surface area contributed by atoms with E-state index in [9.17, 15) is 12.8 Å². The van der Waals surface area contributed by atoms with Crippen LogP contribution in [0.5, 0.6) is 5.75 Å². The lowest BCUT2D eigenvalue weighted by Crippen LogP contribution is -2.21. The van der Waals surface area contributed by atoms with E-state index in [2.05, 4.69) is 24.9 Å². The van der Waals surface area contributed by atoms with Crippen LogP contribution in [0.15, 0.2) is 53.4 Å². The maximum absolute atomic E-state index is 13.9. The molecule has 2 heterocycles. The molecule has 1 aliphatic heterocycles. The first-order valence-corrected chi connectivity index (χ1v) is 11.7. The fraction of sp³-hybridized carbons (Fsp3) is 0.273. The molecule has 0 unspecified atom stereocenters. The van der Waals surface area contributed by atoms with Gasteiger partial charge in [-0.25, -0.2) is 17.8 Å². The zero-order valence-electron chi connectivity index (χ0n) is 17.8. The fourth-order valence-electron chi connectivity index (χ4n) is 3.47. The average molecular weight is 458 g/mol. The Kier molecular flexibility index (Phi) is 6.13. The molecular formula is C22H24FN5O3S. The normalized spacial score (nSPS) is 13.8. The number of nitrogens with zero attached hydrogens (tertiary/aromatic N) is 3. The van der Waals surface area contributed by atoms with E-state index in [-0.39, 0.29) is 10.6 Å². The Balaban J connectivity index is 1.47. The fourth-order valence-corrected chi connectivity index (χ4v) is 4.54. The summed E-state index contributed by atoms with van der Waals surface area (Å²) in [6, 6.07) is 12.1. The molecule has 1 aromatic heterocycles. The molecule has 2 N–H and O–H groups in total. The average Bonchev–Trinajstić information content (AvgIpc) is 3.29. The maximum Gasteiger partial charge on any atom is 0.262 e. The van der Waals surface area contributed by atoms with Crippen molar-refractivity contribution in [1.29, 1.82) is 0 Å². The number of halogens is 1. The molecule has 1 aliphatic rings. The Bertz CT molecular complexity index is 1210. The van der Waals surface area contributed by atoms with E-state index in [4.69, 9.17) is 4.74 Å². The second-order valence-electron chi connectivity index (χ2n) is 7.49. The summed E-state index contributed by atoms with van der Waals surface area (Å²) in [4.78, 5) is 11.1. The van der Waals surface area contributed by atoms with Crippen LogP contribution < -0.4 is 19.7 Å². The summed E-state index contributed by atoms with van der Waals surface area (Å²) in [5.41, 5.74) is 1.96. The van der Waals surface area contributed by atoms with Gasteiger partial charge in [-0.2, -0.15) is 4.98 Å². The first-order valence-electron chi connectivity index (χ1n) is 10.2. The highest BCUT2D eigenvalue weighted by atomic mass is 32.2. The van der Waals surface area contributed by atoms with Gasteiger partial charge in [0.15, 0.2) is 11.6 Å². The molecule has 0 radical (unpaired) electrons. The van der Waals surface area contributed by atoms with E-state index in [0.29, 0.717) is 17.5 Å². The molecule has 10 heteroatoms. The Hall–Kier alpha value is -3.40. The number of sulfonamides is 1. The van der Waals surface area contributed by atoms with Crippen LogP contribution in [-0.2, 0) is 10.0 Å². The predicted molar refractivity (Wildman–Crippen MR) is 122 cm³/mol. The smallest absolute Gasteiger partial charge is 0.262 e. The Morgan fingerprint density at radius 1 is 1.00 bits per heavy atom. The van der Waals surface area contributed by atoms with Crippen molar-refractivity contribution in [3.05, 3.63) is 60.0 Å². The third-order valence-corrected chi connectivity index (χ3v) is 6.45. The molecule has 0 amide bonds. The van der Waals surface area contributed by atoms with Gasteiger partial charge in [-0.3, -0.25) is 4.72 Å². The lowest BCUT2D eigenvalue weighted by molar-refractivity contribution is 0.385. The van der Waals surface area contributed by atoms with Crippen LogP contribution in [0.2, 0.25) is 0 Å². The summed E-state index contributed by atoms with van der Waals surface area (Å²) in [6.07, 6.45) is 2.28. The Labute approximate surface area is 186 Å². The van der Waals surface area contributed by atoms with Crippen LogP contribution in [0, 0.1) is 12.7 Å². The van der Waals surface area contributed by atoms with E-state index >= 15 is 0 Å². The third-order valence-electron chi connectivity index (χ3n) is 5.07. The monoisotopic (exact) mass is 457 g/mol. The van der Waals surface area contributed by atoms with Gasteiger partial charge < -0.3 is 15.0 Å². The van der Waals surface area contributed by atoms with E-state index < -0.39 is 15.8 Å². The third kappa shape index (κ3) is 4.91. The van der Waals surface area contributed by atoms with E-state index in [1.165, 1.54) is 19.2 Å². The zero-order valence-corrected chi connectivity index (χ0v) is 18.6. The van der Waals surface area contributed by atoms with Crippen molar-refractivity contribution in [3.8, 4) is 5.75 Å². The Morgan fingerprint density at radius 3 is 2.34 bits per heavy atom.